The van der Waals surface area contributed by atoms with Crippen LogP contribution < -0.4 is 0 Å². The summed E-state index contributed by atoms with van der Waals surface area (Å²) in [5.74, 6) is 0. The molecule has 0 aliphatic rings. The van der Waals surface area contributed by atoms with Gasteiger partial charge in [-0.15, -0.1) is 6.58 Å². The Hall–Kier alpha value is -0.123. The van der Waals surface area contributed by atoms with Gasteiger partial charge in [-0.1, -0.05) is 6.08 Å². The largest absolute Gasteiger partial charge is 0.298 e. The van der Waals surface area contributed by atoms with E-state index in [1.165, 1.54) is 0 Å². The molecular formula is C6H14O2Si. The highest BCUT2D eigenvalue weighted by Gasteiger charge is 2.15. The van der Waals surface area contributed by atoms with Crippen LogP contribution in [0.4, 0.5) is 0 Å². The zero-order valence-electron chi connectivity index (χ0n) is 6.31. The average Bonchev–Trinajstić information content (AvgIpc) is 1.64. The van der Waals surface area contributed by atoms with Crippen LogP contribution in [-0.4, -0.2) is 16.1 Å². The van der Waals surface area contributed by atoms with E-state index >= 15 is 0 Å². The van der Waals surface area contributed by atoms with Gasteiger partial charge in [-0.3, -0.25) is 4.58 Å². The number of rotatable bonds is 4. The summed E-state index contributed by atoms with van der Waals surface area (Å²) in [4.78, 5) is 4.96. The third kappa shape index (κ3) is 4.38. The molecule has 54 valence electrons. The van der Waals surface area contributed by atoms with Gasteiger partial charge >= 0.3 is 0 Å². The van der Waals surface area contributed by atoms with Crippen molar-refractivity contribution < 1.29 is 9.46 Å². The van der Waals surface area contributed by atoms with Crippen LogP contribution in [0, 0.1) is 0 Å². The van der Waals surface area contributed by atoms with Crippen molar-refractivity contribution in [3.63, 3.8) is 0 Å². The maximum absolute atomic E-state index is 4.96. The summed E-state index contributed by atoms with van der Waals surface area (Å²) in [7, 11) is 0.620. The summed E-state index contributed by atoms with van der Waals surface area (Å²) in [5, 5.41) is 0. The molecule has 0 saturated heterocycles. The van der Waals surface area contributed by atoms with Crippen LogP contribution in [0.2, 0.25) is 0 Å². The molecule has 9 heavy (non-hydrogen) atoms. The topological polar surface area (TPSA) is 18.5 Å². The van der Waals surface area contributed by atoms with Crippen molar-refractivity contribution in [2.24, 2.45) is 0 Å². The first-order valence-corrected chi connectivity index (χ1v) is 3.77. The molecule has 0 radical (unpaired) electrons. The molecule has 0 aromatic rings. The van der Waals surface area contributed by atoms with E-state index < -0.39 is 0 Å². The summed E-state index contributed by atoms with van der Waals surface area (Å²) < 4.78 is 4.65. The van der Waals surface area contributed by atoms with E-state index in [2.05, 4.69) is 11.2 Å². The lowest BCUT2D eigenvalue weighted by atomic mass is 10.1. The quantitative estimate of drug-likeness (QED) is 0.250. The molecule has 2 nitrogen and oxygen atoms in total. The van der Waals surface area contributed by atoms with Crippen LogP contribution in [0.1, 0.15) is 20.3 Å². The second kappa shape index (κ2) is 3.82. The molecular weight excluding hydrogens is 132 g/mol. The third-order valence-corrected chi connectivity index (χ3v) is 1.11. The first kappa shape index (κ1) is 8.88. The maximum Gasteiger partial charge on any atom is 0.193 e. The molecule has 3 heteroatoms. The Morgan fingerprint density at radius 2 is 2.22 bits per heavy atom. The van der Waals surface area contributed by atoms with Crippen molar-refractivity contribution in [3.8, 4) is 0 Å². The number of hydrogen-bond donors (Lipinski definition) is 0. The van der Waals surface area contributed by atoms with Gasteiger partial charge in [-0.25, -0.2) is 4.89 Å². The van der Waals surface area contributed by atoms with E-state index in [0.29, 0.717) is 10.5 Å². The summed E-state index contributed by atoms with van der Waals surface area (Å²) in [5.41, 5.74) is -0.205. The molecule has 0 fully saturated rings. The van der Waals surface area contributed by atoms with Crippen molar-refractivity contribution in [1.29, 1.82) is 0 Å². The molecule has 0 spiro atoms. The Kier molecular flexibility index (Phi) is 3.77. The molecule has 0 amide bonds. The fraction of sp³-hybridized carbons (Fsp3) is 0.667. The van der Waals surface area contributed by atoms with Crippen molar-refractivity contribution >= 4 is 10.5 Å². The van der Waals surface area contributed by atoms with Crippen LogP contribution in [-0.2, 0) is 9.46 Å². The van der Waals surface area contributed by atoms with Crippen LogP contribution in [0.15, 0.2) is 12.7 Å². The minimum atomic E-state index is -0.205. The molecule has 0 aromatic heterocycles. The lowest BCUT2D eigenvalue weighted by Crippen LogP contribution is -2.22. The zero-order valence-corrected chi connectivity index (χ0v) is 8.31. The van der Waals surface area contributed by atoms with E-state index in [-0.39, 0.29) is 5.60 Å². The van der Waals surface area contributed by atoms with Crippen molar-refractivity contribution in [2.75, 3.05) is 0 Å². The minimum absolute atomic E-state index is 0.205. The van der Waals surface area contributed by atoms with E-state index in [1.54, 1.807) is 0 Å². The minimum Gasteiger partial charge on any atom is -0.298 e. The lowest BCUT2D eigenvalue weighted by Gasteiger charge is -2.20. The maximum atomic E-state index is 4.96. The molecule has 0 atom stereocenters. The second-order valence-corrected chi connectivity index (χ2v) is 2.84. The smallest absolute Gasteiger partial charge is 0.193 e. The van der Waals surface area contributed by atoms with Gasteiger partial charge < -0.3 is 0 Å². The van der Waals surface area contributed by atoms with Crippen LogP contribution in [0.5, 0.6) is 0 Å². The summed E-state index contributed by atoms with van der Waals surface area (Å²) in [6, 6.07) is 0. The highest BCUT2D eigenvalue weighted by atomic mass is 28.2. The average molecular weight is 146 g/mol. The van der Waals surface area contributed by atoms with Crippen molar-refractivity contribution in [2.45, 2.75) is 25.9 Å². The highest BCUT2D eigenvalue weighted by Crippen LogP contribution is 2.13. The van der Waals surface area contributed by atoms with Gasteiger partial charge in [0.2, 0.25) is 0 Å². The van der Waals surface area contributed by atoms with E-state index in [0.717, 1.165) is 6.42 Å². The predicted molar refractivity (Wildman–Crippen MR) is 41.0 cm³/mol. The molecule has 0 aromatic carbocycles. The molecule has 0 N–H and O–H groups in total. The first-order chi connectivity index (χ1) is 4.12. The Bertz CT molecular complexity index is 91.1. The molecule has 0 heterocycles. The van der Waals surface area contributed by atoms with E-state index in [4.69, 9.17) is 4.89 Å². The van der Waals surface area contributed by atoms with Gasteiger partial charge in [0.05, 0.1) is 0 Å². The molecule has 0 aliphatic carbocycles. The van der Waals surface area contributed by atoms with Gasteiger partial charge in [0, 0.05) is 0 Å². The van der Waals surface area contributed by atoms with Gasteiger partial charge in [0.15, 0.2) is 10.5 Å². The van der Waals surface area contributed by atoms with Crippen LogP contribution in [0.25, 0.3) is 0 Å². The predicted octanol–water partition coefficient (Wildman–Crippen LogP) is 0.570. The molecule has 0 saturated carbocycles. The summed E-state index contributed by atoms with van der Waals surface area (Å²) in [6.07, 6.45) is 2.63. The van der Waals surface area contributed by atoms with Crippen LogP contribution in [0.3, 0.4) is 0 Å². The molecule has 0 aliphatic heterocycles. The summed E-state index contributed by atoms with van der Waals surface area (Å²) in [6.45, 7) is 7.53. The zero-order chi connectivity index (χ0) is 7.33. The fourth-order valence-corrected chi connectivity index (χ4v) is 1.06. The lowest BCUT2D eigenvalue weighted by molar-refractivity contribution is -0.278. The van der Waals surface area contributed by atoms with Gasteiger partial charge in [0.25, 0.3) is 0 Å². The van der Waals surface area contributed by atoms with Gasteiger partial charge in [0.1, 0.15) is 5.60 Å². The fourth-order valence-electron chi connectivity index (χ4n) is 0.607. The highest BCUT2D eigenvalue weighted by molar-refractivity contribution is 5.97. The van der Waals surface area contributed by atoms with Gasteiger partial charge in [-0.05, 0) is 20.3 Å². The Morgan fingerprint density at radius 3 is 2.56 bits per heavy atom. The molecule has 0 rings (SSSR count). The Morgan fingerprint density at radius 1 is 1.67 bits per heavy atom. The Balaban J connectivity index is 3.55. The standard InChI is InChI=1S/C6H14O2Si/c1-4-5-6(2,3)7-8-9/h4H,1,5H2,2-3,9H3. The number of hydrogen-bond acceptors (Lipinski definition) is 2. The monoisotopic (exact) mass is 146 g/mol. The van der Waals surface area contributed by atoms with Gasteiger partial charge in [-0.2, -0.15) is 0 Å². The van der Waals surface area contributed by atoms with Crippen LogP contribution >= 0.6 is 0 Å². The third-order valence-electron chi connectivity index (χ3n) is 0.945. The normalized spacial score (nSPS) is 11.8. The molecule has 0 bridgehead atoms. The first-order valence-electron chi connectivity index (χ1n) is 2.95. The second-order valence-electron chi connectivity index (χ2n) is 2.50. The summed E-state index contributed by atoms with van der Waals surface area (Å²) >= 11 is 0. The SMILES string of the molecule is C=CCC(C)(C)OO[SiH3]. The van der Waals surface area contributed by atoms with Crippen molar-refractivity contribution in [1.82, 2.24) is 0 Å². The van der Waals surface area contributed by atoms with Crippen molar-refractivity contribution in [3.05, 3.63) is 12.7 Å². The van der Waals surface area contributed by atoms with E-state index in [1.807, 2.05) is 19.9 Å². The molecule has 0 unspecified atom stereocenters. The van der Waals surface area contributed by atoms with E-state index in [9.17, 15) is 0 Å². The Labute approximate surface area is 59.3 Å².